The van der Waals surface area contributed by atoms with Gasteiger partial charge < -0.3 is 5.32 Å². The maximum absolute atomic E-state index is 4.52. The fourth-order valence-corrected chi connectivity index (χ4v) is 3.79. The van der Waals surface area contributed by atoms with Crippen LogP contribution in [-0.4, -0.2) is 29.1 Å². The zero-order valence-electron chi connectivity index (χ0n) is 11.1. The third-order valence-electron chi connectivity index (χ3n) is 3.76. The molecule has 2 heterocycles. The second kappa shape index (κ2) is 6.40. The lowest BCUT2D eigenvalue weighted by Crippen LogP contribution is -2.33. The molecular formula is C16H20N2S. The number of hydrogen-bond donors (Lipinski definition) is 1. The van der Waals surface area contributed by atoms with E-state index in [1.807, 2.05) is 12.3 Å². The largest absolute Gasteiger partial charge is 0.314 e. The van der Waals surface area contributed by atoms with Crippen LogP contribution in [0.4, 0.5) is 0 Å². The van der Waals surface area contributed by atoms with E-state index in [-0.39, 0.29) is 0 Å². The van der Waals surface area contributed by atoms with Gasteiger partial charge in [-0.25, -0.2) is 0 Å². The van der Waals surface area contributed by atoms with Crippen LogP contribution < -0.4 is 5.32 Å². The van der Waals surface area contributed by atoms with Crippen LogP contribution >= 0.6 is 11.8 Å². The van der Waals surface area contributed by atoms with Crippen LogP contribution in [0.1, 0.15) is 18.4 Å². The molecule has 1 aliphatic rings. The summed E-state index contributed by atoms with van der Waals surface area (Å²) < 4.78 is 0. The number of nitrogens with zero attached hydrogens (tertiary/aromatic N) is 1. The van der Waals surface area contributed by atoms with Gasteiger partial charge in [-0.3, -0.25) is 4.98 Å². The van der Waals surface area contributed by atoms with E-state index in [0.717, 1.165) is 24.5 Å². The number of fused-ring (bicyclic) bond motifs is 1. The Bertz CT molecular complexity index is 530. The Hall–Kier alpha value is -1.06. The molecule has 0 radical (unpaired) electrons. The van der Waals surface area contributed by atoms with Crippen molar-refractivity contribution in [3.63, 3.8) is 0 Å². The summed E-state index contributed by atoms with van der Waals surface area (Å²) in [5.74, 6) is 2.63. The number of pyridine rings is 1. The molecule has 1 saturated heterocycles. The Balaban J connectivity index is 1.62. The first-order valence-corrected chi connectivity index (χ1v) is 8.23. The first-order valence-electron chi connectivity index (χ1n) is 7.07. The summed E-state index contributed by atoms with van der Waals surface area (Å²) in [6.45, 7) is 1.06. The quantitative estimate of drug-likeness (QED) is 0.924. The minimum atomic E-state index is 0.726. The molecule has 0 atom stereocenters. The minimum absolute atomic E-state index is 0.726. The van der Waals surface area contributed by atoms with E-state index < -0.39 is 0 Å². The third-order valence-corrected chi connectivity index (χ3v) is 4.81. The van der Waals surface area contributed by atoms with Crippen molar-refractivity contribution in [2.24, 2.45) is 0 Å². The SMILES string of the molecule is c1cnc2c(CCNC3CCSCC3)cccc2c1. The second-order valence-corrected chi connectivity index (χ2v) is 6.31. The predicted octanol–water partition coefficient (Wildman–Crippen LogP) is 3.26. The summed E-state index contributed by atoms with van der Waals surface area (Å²) in [6.07, 6.45) is 5.59. The molecule has 3 heteroatoms. The Labute approximate surface area is 119 Å². The molecule has 1 aliphatic heterocycles. The van der Waals surface area contributed by atoms with Crippen molar-refractivity contribution in [1.29, 1.82) is 0 Å². The van der Waals surface area contributed by atoms with Gasteiger partial charge in [0.15, 0.2) is 0 Å². The molecule has 2 aromatic rings. The Kier molecular flexibility index (Phi) is 4.36. The van der Waals surface area contributed by atoms with Crippen LogP contribution in [0.25, 0.3) is 10.9 Å². The number of thioether (sulfide) groups is 1. The molecule has 1 aromatic heterocycles. The van der Waals surface area contributed by atoms with E-state index in [0.29, 0.717) is 0 Å². The van der Waals surface area contributed by atoms with E-state index in [4.69, 9.17) is 0 Å². The van der Waals surface area contributed by atoms with E-state index in [9.17, 15) is 0 Å². The zero-order valence-corrected chi connectivity index (χ0v) is 12.0. The maximum atomic E-state index is 4.52. The van der Waals surface area contributed by atoms with Crippen molar-refractivity contribution in [3.8, 4) is 0 Å². The Morgan fingerprint density at radius 2 is 2.00 bits per heavy atom. The molecule has 1 fully saturated rings. The van der Waals surface area contributed by atoms with E-state index in [2.05, 4.69) is 46.3 Å². The highest BCUT2D eigenvalue weighted by Gasteiger charge is 2.12. The van der Waals surface area contributed by atoms with E-state index in [1.54, 1.807) is 0 Å². The topological polar surface area (TPSA) is 24.9 Å². The van der Waals surface area contributed by atoms with Crippen LogP contribution in [0.15, 0.2) is 36.5 Å². The van der Waals surface area contributed by atoms with Gasteiger partial charge in [0.1, 0.15) is 0 Å². The molecular weight excluding hydrogens is 252 g/mol. The summed E-state index contributed by atoms with van der Waals surface area (Å²) in [6, 6.07) is 11.3. The number of benzene rings is 1. The molecule has 0 amide bonds. The molecule has 0 saturated carbocycles. The zero-order chi connectivity index (χ0) is 12.9. The lowest BCUT2D eigenvalue weighted by atomic mass is 10.1. The number of rotatable bonds is 4. The molecule has 3 rings (SSSR count). The molecule has 0 aliphatic carbocycles. The maximum Gasteiger partial charge on any atom is 0.0734 e. The van der Waals surface area contributed by atoms with Crippen LogP contribution in [0.3, 0.4) is 0 Å². The number of aromatic nitrogens is 1. The van der Waals surface area contributed by atoms with Crippen LogP contribution in [0.2, 0.25) is 0 Å². The summed E-state index contributed by atoms with van der Waals surface area (Å²) in [5.41, 5.74) is 2.52. The van der Waals surface area contributed by atoms with E-state index >= 15 is 0 Å². The van der Waals surface area contributed by atoms with Crippen molar-refractivity contribution < 1.29 is 0 Å². The lowest BCUT2D eigenvalue weighted by Gasteiger charge is -2.22. The van der Waals surface area contributed by atoms with Crippen molar-refractivity contribution in [2.75, 3.05) is 18.1 Å². The summed E-state index contributed by atoms with van der Waals surface area (Å²) >= 11 is 2.08. The van der Waals surface area contributed by atoms with Crippen molar-refractivity contribution in [3.05, 3.63) is 42.1 Å². The normalized spacial score (nSPS) is 16.8. The highest BCUT2D eigenvalue weighted by molar-refractivity contribution is 7.99. The number of nitrogens with one attached hydrogen (secondary N) is 1. The monoisotopic (exact) mass is 272 g/mol. The standard InChI is InChI=1S/C16H20N2S/c1-3-13-5-2-9-18-16(13)14(4-1)6-10-17-15-7-11-19-12-8-15/h1-5,9,15,17H,6-8,10-12H2. The van der Waals surface area contributed by atoms with Gasteiger partial charge in [0.2, 0.25) is 0 Å². The van der Waals surface area contributed by atoms with Gasteiger partial charge in [0.25, 0.3) is 0 Å². The molecule has 0 bridgehead atoms. The average Bonchev–Trinajstić information content (AvgIpc) is 2.49. The van der Waals surface area contributed by atoms with Crippen molar-refractivity contribution in [1.82, 2.24) is 10.3 Å². The smallest absolute Gasteiger partial charge is 0.0734 e. The molecule has 0 unspecified atom stereocenters. The third kappa shape index (κ3) is 3.28. The highest BCUT2D eigenvalue weighted by atomic mass is 32.2. The average molecular weight is 272 g/mol. The fraction of sp³-hybridized carbons (Fsp3) is 0.438. The van der Waals surface area contributed by atoms with Gasteiger partial charge in [-0.1, -0.05) is 24.3 Å². The van der Waals surface area contributed by atoms with Crippen LogP contribution in [0, 0.1) is 0 Å². The lowest BCUT2D eigenvalue weighted by molar-refractivity contribution is 0.486. The van der Waals surface area contributed by atoms with Crippen molar-refractivity contribution in [2.45, 2.75) is 25.3 Å². The summed E-state index contributed by atoms with van der Waals surface area (Å²) in [7, 11) is 0. The number of para-hydroxylation sites is 1. The van der Waals surface area contributed by atoms with Gasteiger partial charge >= 0.3 is 0 Å². The van der Waals surface area contributed by atoms with Crippen LogP contribution in [-0.2, 0) is 6.42 Å². The summed E-state index contributed by atoms with van der Waals surface area (Å²) in [4.78, 5) is 4.52. The van der Waals surface area contributed by atoms with Gasteiger partial charge in [-0.2, -0.15) is 11.8 Å². The molecule has 2 nitrogen and oxygen atoms in total. The predicted molar refractivity (Wildman–Crippen MR) is 83.8 cm³/mol. The molecule has 0 spiro atoms. The first-order chi connectivity index (χ1) is 9.43. The number of hydrogen-bond acceptors (Lipinski definition) is 3. The van der Waals surface area contributed by atoms with Gasteiger partial charge in [0.05, 0.1) is 5.52 Å². The molecule has 1 N–H and O–H groups in total. The van der Waals surface area contributed by atoms with Crippen molar-refractivity contribution >= 4 is 22.7 Å². The minimum Gasteiger partial charge on any atom is -0.314 e. The van der Waals surface area contributed by atoms with Gasteiger partial charge in [-0.05, 0) is 48.9 Å². The van der Waals surface area contributed by atoms with Gasteiger partial charge in [0, 0.05) is 17.6 Å². The highest BCUT2D eigenvalue weighted by Crippen LogP contribution is 2.18. The molecule has 19 heavy (non-hydrogen) atoms. The fourth-order valence-electron chi connectivity index (χ4n) is 2.68. The second-order valence-electron chi connectivity index (χ2n) is 5.08. The first kappa shape index (κ1) is 12.9. The summed E-state index contributed by atoms with van der Waals surface area (Å²) in [5, 5.41) is 4.94. The molecule has 1 aromatic carbocycles. The van der Waals surface area contributed by atoms with Gasteiger partial charge in [-0.15, -0.1) is 0 Å². The molecule has 100 valence electrons. The van der Waals surface area contributed by atoms with E-state index in [1.165, 1.54) is 35.3 Å². The van der Waals surface area contributed by atoms with Crippen LogP contribution in [0.5, 0.6) is 0 Å². The Morgan fingerprint density at radius 3 is 2.89 bits per heavy atom. The Morgan fingerprint density at radius 1 is 1.16 bits per heavy atom.